The highest BCUT2D eigenvalue weighted by Crippen LogP contribution is 2.23. The summed E-state index contributed by atoms with van der Waals surface area (Å²) in [5.74, 6) is 0. The third-order valence-electron chi connectivity index (χ3n) is 3.44. The second kappa shape index (κ2) is 6.33. The van der Waals surface area contributed by atoms with E-state index in [1.54, 1.807) is 0 Å². The van der Waals surface area contributed by atoms with E-state index in [0.717, 1.165) is 30.6 Å². The fourth-order valence-corrected chi connectivity index (χ4v) is 2.51. The van der Waals surface area contributed by atoms with Gasteiger partial charge in [0.15, 0.2) is 0 Å². The van der Waals surface area contributed by atoms with Crippen LogP contribution in [0.1, 0.15) is 45.7 Å². The Bertz CT molecular complexity index is 479. The number of nitrogens with zero attached hydrogens (tertiary/aromatic N) is 1. The van der Waals surface area contributed by atoms with Gasteiger partial charge in [-0.2, -0.15) is 0 Å². The van der Waals surface area contributed by atoms with Crippen molar-refractivity contribution in [1.29, 1.82) is 0 Å². The number of hydrogen-bond acceptors (Lipinski definition) is 4. The Hall–Kier alpha value is -1.78. The average molecular weight is 291 g/mol. The number of hydrogen-bond donors (Lipinski definition) is 2. The highest BCUT2D eigenvalue weighted by Gasteiger charge is 2.27. The van der Waals surface area contributed by atoms with Crippen molar-refractivity contribution in [2.75, 3.05) is 5.32 Å². The van der Waals surface area contributed by atoms with Crippen LogP contribution in [0.3, 0.4) is 0 Å². The topological polar surface area (TPSA) is 63.2 Å². The maximum absolute atomic E-state index is 11.8. The molecular formula is C16H25N3O2. The maximum atomic E-state index is 11.8. The highest BCUT2D eigenvalue weighted by molar-refractivity contribution is 5.68. The number of carbonyl (C=O) groups is 1. The van der Waals surface area contributed by atoms with Crippen LogP contribution in [0.25, 0.3) is 0 Å². The van der Waals surface area contributed by atoms with Gasteiger partial charge in [0.2, 0.25) is 0 Å². The van der Waals surface area contributed by atoms with Crippen LogP contribution in [0.5, 0.6) is 0 Å². The van der Waals surface area contributed by atoms with E-state index in [-0.39, 0.29) is 12.1 Å². The molecule has 2 unspecified atom stereocenters. The molecular weight excluding hydrogens is 266 g/mol. The zero-order chi connectivity index (χ0) is 15.5. The Balaban J connectivity index is 1.78. The van der Waals surface area contributed by atoms with Crippen molar-refractivity contribution in [3.8, 4) is 0 Å². The van der Waals surface area contributed by atoms with Crippen LogP contribution in [0.2, 0.25) is 0 Å². The predicted octanol–water partition coefficient (Wildman–Crippen LogP) is 3.25. The van der Waals surface area contributed by atoms with Crippen LogP contribution in [0.4, 0.5) is 10.5 Å². The summed E-state index contributed by atoms with van der Waals surface area (Å²) in [5, 5.41) is 6.41. The fraction of sp³-hybridized carbons (Fsp3) is 0.625. The molecule has 0 radical (unpaired) electrons. The summed E-state index contributed by atoms with van der Waals surface area (Å²) in [4.78, 5) is 16.0. The molecule has 0 saturated heterocycles. The first-order chi connectivity index (χ1) is 9.82. The lowest BCUT2D eigenvalue weighted by molar-refractivity contribution is 0.0505. The first kappa shape index (κ1) is 15.6. The Morgan fingerprint density at radius 2 is 2.00 bits per heavy atom. The van der Waals surface area contributed by atoms with Crippen molar-refractivity contribution in [3.05, 3.63) is 24.0 Å². The van der Waals surface area contributed by atoms with Gasteiger partial charge in [0.1, 0.15) is 5.60 Å². The quantitative estimate of drug-likeness (QED) is 0.897. The Kier molecular flexibility index (Phi) is 4.70. The van der Waals surface area contributed by atoms with Crippen LogP contribution in [0.15, 0.2) is 18.3 Å². The molecule has 5 nitrogen and oxygen atoms in total. The number of alkyl carbamates (subject to hydrolysis) is 1. The van der Waals surface area contributed by atoms with Gasteiger partial charge in [-0.1, -0.05) is 0 Å². The SMILES string of the molecule is Cc1ccc(NC2CCC(NC(=O)OC(C)(C)C)C2)cn1. The number of anilines is 1. The van der Waals surface area contributed by atoms with Gasteiger partial charge in [0.05, 0.1) is 11.9 Å². The van der Waals surface area contributed by atoms with Crippen molar-refractivity contribution in [2.45, 2.75) is 64.6 Å². The monoisotopic (exact) mass is 291 g/mol. The molecule has 2 N–H and O–H groups in total. The molecule has 1 heterocycles. The number of amides is 1. The van der Waals surface area contributed by atoms with Gasteiger partial charge in [-0.3, -0.25) is 4.98 Å². The molecule has 1 fully saturated rings. The highest BCUT2D eigenvalue weighted by atomic mass is 16.6. The summed E-state index contributed by atoms with van der Waals surface area (Å²) >= 11 is 0. The second-order valence-corrected chi connectivity index (χ2v) is 6.69. The normalized spacial score (nSPS) is 21.9. The standard InChI is InChI=1S/C16H25N3O2/c1-11-5-6-14(10-17-11)18-12-7-8-13(9-12)19-15(20)21-16(2,3)4/h5-6,10,12-13,18H,7-9H2,1-4H3,(H,19,20). The molecule has 0 spiro atoms. The molecule has 0 aromatic carbocycles. The Morgan fingerprint density at radius 1 is 1.29 bits per heavy atom. The number of aromatic nitrogens is 1. The molecule has 2 rings (SSSR count). The third kappa shape index (κ3) is 5.25. The molecule has 0 bridgehead atoms. The number of ether oxygens (including phenoxy) is 1. The van der Waals surface area contributed by atoms with Crippen molar-refractivity contribution >= 4 is 11.8 Å². The molecule has 1 aromatic rings. The summed E-state index contributed by atoms with van der Waals surface area (Å²) < 4.78 is 5.29. The lowest BCUT2D eigenvalue weighted by Gasteiger charge is -2.22. The fourth-order valence-electron chi connectivity index (χ4n) is 2.51. The van der Waals surface area contributed by atoms with Crippen LogP contribution < -0.4 is 10.6 Å². The van der Waals surface area contributed by atoms with E-state index in [0.29, 0.717) is 6.04 Å². The minimum atomic E-state index is -0.450. The van der Waals surface area contributed by atoms with Gasteiger partial charge in [-0.05, 0) is 59.1 Å². The first-order valence-corrected chi connectivity index (χ1v) is 7.50. The molecule has 1 aromatic heterocycles. The van der Waals surface area contributed by atoms with E-state index < -0.39 is 5.60 Å². The molecule has 0 aliphatic heterocycles. The van der Waals surface area contributed by atoms with Gasteiger partial charge < -0.3 is 15.4 Å². The van der Waals surface area contributed by atoms with Crippen LogP contribution in [0, 0.1) is 6.92 Å². The van der Waals surface area contributed by atoms with Crippen LogP contribution in [-0.2, 0) is 4.74 Å². The van der Waals surface area contributed by atoms with Gasteiger partial charge in [0.25, 0.3) is 0 Å². The average Bonchev–Trinajstić information content (AvgIpc) is 2.77. The minimum Gasteiger partial charge on any atom is -0.444 e. The van der Waals surface area contributed by atoms with E-state index in [9.17, 15) is 4.79 Å². The summed E-state index contributed by atoms with van der Waals surface area (Å²) in [5.41, 5.74) is 1.59. The number of carbonyl (C=O) groups excluding carboxylic acids is 1. The van der Waals surface area contributed by atoms with Crippen LogP contribution >= 0.6 is 0 Å². The summed E-state index contributed by atoms with van der Waals surface area (Å²) in [6, 6.07) is 4.58. The van der Waals surface area contributed by atoms with Gasteiger partial charge in [-0.25, -0.2) is 4.79 Å². The molecule has 5 heteroatoms. The minimum absolute atomic E-state index is 0.177. The van der Waals surface area contributed by atoms with Crippen molar-refractivity contribution in [1.82, 2.24) is 10.3 Å². The van der Waals surface area contributed by atoms with Crippen molar-refractivity contribution in [3.63, 3.8) is 0 Å². The molecule has 2 atom stereocenters. The Labute approximate surface area is 126 Å². The van der Waals surface area contributed by atoms with E-state index in [2.05, 4.69) is 15.6 Å². The molecule has 1 saturated carbocycles. The van der Waals surface area contributed by atoms with E-state index in [4.69, 9.17) is 4.74 Å². The van der Waals surface area contributed by atoms with Gasteiger partial charge in [-0.15, -0.1) is 0 Å². The summed E-state index contributed by atoms with van der Waals surface area (Å²) in [7, 11) is 0. The third-order valence-corrected chi connectivity index (χ3v) is 3.44. The summed E-state index contributed by atoms with van der Waals surface area (Å²) in [6.45, 7) is 7.59. The van der Waals surface area contributed by atoms with E-state index in [1.807, 2.05) is 46.0 Å². The number of rotatable bonds is 3. The molecule has 1 aliphatic carbocycles. The van der Waals surface area contributed by atoms with E-state index in [1.165, 1.54) is 0 Å². The van der Waals surface area contributed by atoms with Gasteiger partial charge in [0, 0.05) is 17.8 Å². The number of nitrogens with one attached hydrogen (secondary N) is 2. The molecule has 1 amide bonds. The first-order valence-electron chi connectivity index (χ1n) is 7.50. The van der Waals surface area contributed by atoms with Gasteiger partial charge >= 0.3 is 6.09 Å². The second-order valence-electron chi connectivity index (χ2n) is 6.69. The van der Waals surface area contributed by atoms with Crippen molar-refractivity contribution in [2.24, 2.45) is 0 Å². The molecule has 21 heavy (non-hydrogen) atoms. The maximum Gasteiger partial charge on any atom is 0.407 e. The Morgan fingerprint density at radius 3 is 2.62 bits per heavy atom. The number of pyridine rings is 1. The van der Waals surface area contributed by atoms with Crippen molar-refractivity contribution < 1.29 is 9.53 Å². The largest absolute Gasteiger partial charge is 0.444 e. The zero-order valence-electron chi connectivity index (χ0n) is 13.3. The lowest BCUT2D eigenvalue weighted by Crippen LogP contribution is -2.38. The smallest absolute Gasteiger partial charge is 0.407 e. The predicted molar refractivity (Wildman–Crippen MR) is 83.4 cm³/mol. The number of aryl methyl sites for hydroxylation is 1. The zero-order valence-corrected chi connectivity index (χ0v) is 13.3. The molecule has 1 aliphatic rings. The lowest BCUT2D eigenvalue weighted by atomic mass is 10.2. The summed E-state index contributed by atoms with van der Waals surface area (Å²) in [6.07, 6.45) is 4.44. The van der Waals surface area contributed by atoms with Crippen LogP contribution in [-0.4, -0.2) is 28.8 Å². The molecule has 116 valence electrons. The van der Waals surface area contributed by atoms with E-state index >= 15 is 0 Å².